The van der Waals surface area contributed by atoms with Crippen molar-refractivity contribution in [3.63, 3.8) is 0 Å². The van der Waals surface area contributed by atoms with Crippen molar-refractivity contribution >= 4 is 30.1 Å². The third kappa shape index (κ3) is 8.08. The van der Waals surface area contributed by atoms with E-state index in [1.807, 2.05) is 26.8 Å². The number of hydrogen-bond donors (Lipinski definition) is 8. The molecule has 2 saturated carbocycles. The SMILES string of the molecule is C=C1CC[C@@H]2C(C)(CO)[C@H](O)CC[C@@]2(C)[C@@H]1C/C=C1/C(=O)OCC1O.CC1=C2C(=CO[C@H](C)[C@H]2C)C(O)=C(C(=O)O)C1=O.Cl.N=c1ccn2c(n1)O[C@H]1[C@H](O)[C@@H](CO)O[C@H]12. The summed E-state index contributed by atoms with van der Waals surface area (Å²) < 4.78 is 22.7. The summed E-state index contributed by atoms with van der Waals surface area (Å²) in [6.45, 7) is 13.6. The van der Waals surface area contributed by atoms with Gasteiger partial charge in [0.05, 0.1) is 36.7 Å². The number of aliphatic hydroxyl groups is 6. The first-order valence-electron chi connectivity index (χ1n) is 19.9. The van der Waals surface area contributed by atoms with Gasteiger partial charge in [0, 0.05) is 23.1 Å². The van der Waals surface area contributed by atoms with Crippen LogP contribution in [0.3, 0.4) is 0 Å². The molecule has 0 spiro atoms. The van der Waals surface area contributed by atoms with Crippen molar-refractivity contribution in [2.45, 2.75) is 110 Å². The number of carbonyl (C=O) groups is 3. The van der Waals surface area contributed by atoms with Crippen molar-refractivity contribution in [1.82, 2.24) is 9.55 Å². The number of hydrogen-bond acceptors (Lipinski definition) is 15. The molecule has 7 aliphatic rings. The number of esters is 1. The number of carboxylic acid groups (broad SMARTS) is 1. The molecule has 0 radical (unpaired) electrons. The average molecular weight is 862 g/mol. The number of ketones is 1. The summed E-state index contributed by atoms with van der Waals surface area (Å²) in [5.41, 5.74) is 1.75. The molecule has 5 heterocycles. The van der Waals surface area contributed by atoms with E-state index in [-0.39, 0.29) is 73.0 Å². The number of aliphatic carboxylic acids is 1. The molecule has 0 amide bonds. The molecule has 8 N–H and O–H groups in total. The van der Waals surface area contributed by atoms with Crippen LogP contribution in [0.1, 0.15) is 73.0 Å². The average Bonchev–Trinajstić information content (AvgIpc) is 3.83. The second-order valence-electron chi connectivity index (χ2n) is 16.9. The fourth-order valence-electron chi connectivity index (χ4n) is 9.91. The molecular weight excluding hydrogens is 806 g/mol. The number of fused-ring (bicyclic) bond motifs is 5. The standard InChI is InChI=1S/C20H30O5.C13H14O5.C9H11N3O4.ClH/c1-12-4-7-16-19(2,9-8-17(23)20(16,3)11-21)14(12)6-5-13-15(22)10-25-18(13)24;1-5-7(3)18-4-8-9(5)6(2)11(14)10(12(8)15)13(16)17;10-5-1-2-12-8-7(16-9(12)11-5)6(14)4(3-13)15-8;/h5,14-17,21-23H,1,4,6-11H2,2-3H3;4-5,7,15H,1-3H3,(H,16,17);1-2,4,6-8,10,13-14H,3H2;1H/b13-5+;;;/t14-,15?,16+,17-,19+,20?;5-,7-;4-,6-,7+,8-;/m111./s1. The van der Waals surface area contributed by atoms with Gasteiger partial charge in [-0.2, -0.15) is 4.98 Å². The fourth-order valence-corrected chi connectivity index (χ4v) is 9.91. The number of ether oxygens (including phenoxy) is 4. The lowest BCUT2D eigenvalue weighted by Gasteiger charge is -2.59. The molecule has 330 valence electrons. The third-order valence-corrected chi connectivity index (χ3v) is 13.6. The van der Waals surface area contributed by atoms with Gasteiger partial charge in [0.25, 0.3) is 0 Å². The van der Waals surface area contributed by atoms with Gasteiger partial charge in [-0.3, -0.25) is 14.8 Å². The molecule has 1 aromatic heterocycles. The lowest BCUT2D eigenvalue weighted by Crippen LogP contribution is -2.57. The minimum Gasteiger partial charge on any atom is -0.506 e. The third-order valence-electron chi connectivity index (χ3n) is 13.6. The van der Waals surface area contributed by atoms with Crippen LogP contribution in [0.2, 0.25) is 0 Å². The maximum Gasteiger partial charge on any atom is 0.343 e. The van der Waals surface area contributed by atoms with Crippen LogP contribution in [0.15, 0.2) is 70.4 Å². The van der Waals surface area contributed by atoms with E-state index in [9.17, 15) is 39.9 Å². The molecule has 1 aromatic rings. The Labute approximate surface area is 353 Å². The number of Topliss-reactive ketones (excluding diaryl/α,β-unsaturated/α-hetero) is 1. The molecule has 3 aliphatic carbocycles. The first-order valence-corrected chi connectivity index (χ1v) is 19.9. The Morgan fingerprint density at radius 2 is 1.85 bits per heavy atom. The largest absolute Gasteiger partial charge is 0.506 e. The summed E-state index contributed by atoms with van der Waals surface area (Å²) in [7, 11) is 0. The second kappa shape index (κ2) is 17.9. The zero-order valence-electron chi connectivity index (χ0n) is 34.2. The molecule has 2 unspecified atom stereocenters. The Morgan fingerprint density at radius 1 is 1.15 bits per heavy atom. The van der Waals surface area contributed by atoms with Crippen LogP contribution in [0.4, 0.5) is 0 Å². The van der Waals surface area contributed by atoms with E-state index in [1.165, 1.54) is 12.3 Å². The molecule has 0 bridgehead atoms. The molecule has 4 fully saturated rings. The molecule has 2 saturated heterocycles. The van der Waals surface area contributed by atoms with E-state index in [0.717, 1.165) is 24.8 Å². The number of allylic oxidation sites excluding steroid dienone is 4. The number of nitrogens with zero attached hydrogens (tertiary/aromatic N) is 2. The minimum atomic E-state index is -1.43. The van der Waals surface area contributed by atoms with Crippen molar-refractivity contribution in [3.05, 3.63) is 75.9 Å². The molecule has 18 heteroatoms. The predicted molar refractivity (Wildman–Crippen MR) is 213 cm³/mol. The lowest BCUT2D eigenvalue weighted by molar-refractivity contribution is -0.151. The Hall–Kier alpha value is -4.36. The molecule has 0 aromatic carbocycles. The van der Waals surface area contributed by atoms with Crippen LogP contribution in [0.25, 0.3) is 0 Å². The summed E-state index contributed by atoms with van der Waals surface area (Å²) in [5, 5.41) is 75.5. The summed E-state index contributed by atoms with van der Waals surface area (Å²) in [6, 6.07) is 1.77. The lowest BCUT2D eigenvalue weighted by atomic mass is 9.46. The zero-order valence-corrected chi connectivity index (χ0v) is 35.1. The van der Waals surface area contributed by atoms with Crippen molar-refractivity contribution < 1.29 is 69.1 Å². The number of carbonyl (C=O) groups excluding carboxylic acids is 2. The van der Waals surface area contributed by atoms with Crippen LogP contribution in [0.5, 0.6) is 6.01 Å². The van der Waals surface area contributed by atoms with Crippen molar-refractivity contribution in [1.29, 1.82) is 5.41 Å². The van der Waals surface area contributed by atoms with E-state index in [2.05, 4.69) is 18.5 Å². The van der Waals surface area contributed by atoms with Crippen LogP contribution in [0, 0.1) is 34.0 Å². The van der Waals surface area contributed by atoms with Crippen molar-refractivity contribution in [2.24, 2.45) is 28.6 Å². The van der Waals surface area contributed by atoms with Gasteiger partial charge in [0.2, 0.25) is 0 Å². The maximum absolute atomic E-state index is 12.0. The highest BCUT2D eigenvalue weighted by Crippen LogP contribution is 2.61. The van der Waals surface area contributed by atoms with Crippen LogP contribution in [-0.2, 0) is 28.6 Å². The van der Waals surface area contributed by atoms with Crippen molar-refractivity contribution in [2.75, 3.05) is 19.8 Å². The van der Waals surface area contributed by atoms with Gasteiger partial charge < -0.3 is 54.7 Å². The number of halogens is 1. The molecule has 4 aliphatic heterocycles. The van der Waals surface area contributed by atoms with Gasteiger partial charge in [0.15, 0.2) is 23.6 Å². The first kappa shape index (κ1) is 46.7. The normalized spacial score (nSPS) is 37.1. The van der Waals surface area contributed by atoms with Gasteiger partial charge in [-0.25, -0.2) is 9.59 Å². The summed E-state index contributed by atoms with van der Waals surface area (Å²) >= 11 is 0. The summed E-state index contributed by atoms with van der Waals surface area (Å²) in [6.07, 6.45) is 4.70. The molecule has 8 rings (SSSR count). The molecule has 60 heavy (non-hydrogen) atoms. The number of aromatic nitrogens is 2. The minimum absolute atomic E-state index is 0. The molecular formula is C42H56ClN3O14. The Bertz CT molecular complexity index is 2080. The number of carboxylic acids is 1. The number of aliphatic hydroxyl groups excluding tert-OH is 6. The Balaban J connectivity index is 0.000000174. The topological polar surface area (TPSA) is 271 Å². The van der Waals surface area contributed by atoms with Crippen molar-refractivity contribution in [3.8, 4) is 6.01 Å². The van der Waals surface area contributed by atoms with Gasteiger partial charge in [0.1, 0.15) is 42.4 Å². The number of rotatable bonds is 5. The second-order valence-corrected chi connectivity index (χ2v) is 16.9. The quantitative estimate of drug-likeness (QED) is 0.0915. The Morgan fingerprint density at radius 3 is 2.47 bits per heavy atom. The van der Waals surface area contributed by atoms with Gasteiger partial charge in [-0.1, -0.05) is 39.0 Å². The molecule has 12 atom stereocenters. The summed E-state index contributed by atoms with van der Waals surface area (Å²) in [5.74, 6) is -2.72. The van der Waals surface area contributed by atoms with Gasteiger partial charge >= 0.3 is 17.9 Å². The van der Waals surface area contributed by atoms with Crippen LogP contribution in [-0.4, -0.2) is 119 Å². The highest BCUT2D eigenvalue weighted by Gasteiger charge is 2.57. The van der Waals surface area contributed by atoms with Gasteiger partial charge in [-0.15, -0.1) is 12.4 Å². The van der Waals surface area contributed by atoms with E-state index >= 15 is 0 Å². The Kier molecular flexibility index (Phi) is 14.0. The van der Waals surface area contributed by atoms with Crippen LogP contribution >= 0.6 is 12.4 Å². The van der Waals surface area contributed by atoms with Gasteiger partial charge in [-0.05, 0) is 74.8 Å². The number of nitrogens with one attached hydrogen (secondary N) is 1. The highest BCUT2D eigenvalue weighted by molar-refractivity contribution is 6.25. The smallest absolute Gasteiger partial charge is 0.343 e. The molecule has 17 nitrogen and oxygen atoms in total. The monoisotopic (exact) mass is 861 g/mol. The highest BCUT2D eigenvalue weighted by atomic mass is 35.5. The predicted octanol–water partition coefficient (Wildman–Crippen LogP) is 2.48. The maximum atomic E-state index is 12.0. The zero-order chi connectivity index (χ0) is 43.3. The van der Waals surface area contributed by atoms with E-state index < -0.39 is 71.2 Å². The van der Waals surface area contributed by atoms with Crippen LogP contribution < -0.4 is 10.2 Å². The number of cyclic esters (lactones) is 1. The fraction of sp³-hybridized carbons (Fsp3) is 0.595. The van der Waals surface area contributed by atoms with E-state index in [4.69, 9.17) is 34.6 Å². The first-order chi connectivity index (χ1) is 27.8. The van der Waals surface area contributed by atoms with E-state index in [1.54, 1.807) is 17.7 Å². The summed E-state index contributed by atoms with van der Waals surface area (Å²) in [4.78, 5) is 38.6. The van der Waals surface area contributed by atoms with E-state index in [0.29, 0.717) is 35.1 Å².